The van der Waals surface area contributed by atoms with Gasteiger partial charge in [0.15, 0.2) is 5.82 Å². The Morgan fingerprint density at radius 2 is 1.96 bits per heavy atom. The highest BCUT2D eigenvalue weighted by Crippen LogP contribution is 2.25. The van der Waals surface area contributed by atoms with E-state index in [-0.39, 0.29) is 5.91 Å². The molecule has 0 saturated carbocycles. The summed E-state index contributed by atoms with van der Waals surface area (Å²) < 4.78 is 7.74. The molecule has 0 bridgehead atoms. The van der Waals surface area contributed by atoms with Crippen LogP contribution < -0.4 is 10.1 Å². The third-order valence-electron chi connectivity index (χ3n) is 4.36. The van der Waals surface area contributed by atoms with E-state index in [0.717, 1.165) is 29.8 Å². The molecule has 0 spiro atoms. The first kappa shape index (κ1) is 20.0. The summed E-state index contributed by atoms with van der Waals surface area (Å²) in [6.07, 6.45) is 2.07. The third-order valence-corrected chi connectivity index (χ3v) is 4.59. The quantitative estimate of drug-likeness (QED) is 0.523. The maximum Gasteiger partial charge on any atom is 0.256 e. The first-order valence-electron chi connectivity index (χ1n) is 9.39. The molecule has 1 N–H and O–H groups in total. The molecule has 0 atom stereocenters. The lowest BCUT2D eigenvalue weighted by molar-refractivity contribution is 0.102. The molecule has 28 heavy (non-hydrogen) atoms. The Balaban J connectivity index is 1.75. The highest BCUT2D eigenvalue weighted by Gasteiger charge is 2.12. The second kappa shape index (κ2) is 9.42. The second-order valence-corrected chi connectivity index (χ2v) is 7.04. The van der Waals surface area contributed by atoms with Gasteiger partial charge in [-0.25, -0.2) is 0 Å². The number of aryl methyl sites for hydroxylation is 1. The molecular weight excluding hydrogens is 374 g/mol. The smallest absolute Gasteiger partial charge is 0.256 e. The molecule has 1 heterocycles. The summed E-state index contributed by atoms with van der Waals surface area (Å²) in [6.45, 7) is 5.26. The number of amides is 1. The van der Waals surface area contributed by atoms with E-state index in [9.17, 15) is 4.79 Å². The summed E-state index contributed by atoms with van der Waals surface area (Å²) in [5.74, 6) is 1.14. The highest BCUT2D eigenvalue weighted by molar-refractivity contribution is 6.30. The molecular formula is C22H24ClN3O2. The number of hydrogen-bond acceptors (Lipinski definition) is 3. The molecule has 1 aromatic heterocycles. The van der Waals surface area contributed by atoms with Crippen molar-refractivity contribution >= 4 is 23.3 Å². The summed E-state index contributed by atoms with van der Waals surface area (Å²) in [7, 11) is 0. The number of benzene rings is 2. The molecule has 6 heteroatoms. The Morgan fingerprint density at radius 3 is 2.71 bits per heavy atom. The lowest BCUT2D eigenvalue weighted by atomic mass is 10.2. The first-order chi connectivity index (χ1) is 13.6. The molecule has 0 radical (unpaired) electrons. The number of nitrogens with one attached hydrogen (secondary N) is 1. The number of carbonyl (C=O) groups excluding carboxylic acids is 1. The fraction of sp³-hybridized carbons (Fsp3) is 0.273. The van der Waals surface area contributed by atoms with Crippen LogP contribution in [0.4, 0.5) is 5.82 Å². The molecule has 3 aromatic rings. The van der Waals surface area contributed by atoms with Gasteiger partial charge in [-0.05, 0) is 43.7 Å². The zero-order chi connectivity index (χ0) is 19.9. The molecule has 0 unspecified atom stereocenters. The van der Waals surface area contributed by atoms with Gasteiger partial charge in [0.25, 0.3) is 5.91 Å². The molecule has 0 saturated heterocycles. The maximum atomic E-state index is 12.3. The van der Waals surface area contributed by atoms with Crippen LogP contribution >= 0.6 is 11.6 Å². The van der Waals surface area contributed by atoms with Crippen LogP contribution in [-0.2, 0) is 6.54 Å². The predicted octanol–water partition coefficient (Wildman–Crippen LogP) is 5.32. The van der Waals surface area contributed by atoms with Crippen LogP contribution in [0.2, 0.25) is 5.02 Å². The van der Waals surface area contributed by atoms with Crippen molar-refractivity contribution in [2.45, 2.75) is 33.2 Å². The Hall–Kier alpha value is -2.79. The predicted molar refractivity (Wildman–Crippen MR) is 112 cm³/mol. The Kier molecular flexibility index (Phi) is 6.71. The van der Waals surface area contributed by atoms with Crippen LogP contribution in [-0.4, -0.2) is 22.3 Å². The standard InChI is InChI=1S/C22H24ClN3O2/c1-3-4-12-28-20-11-10-19(23)14-18(20)15-26-16(2)13-21(25-26)24-22(27)17-8-6-5-7-9-17/h5-11,13-14H,3-4,12,15H2,1-2H3,(H,24,25,27). The van der Waals surface area contributed by atoms with Gasteiger partial charge in [0.1, 0.15) is 5.75 Å². The van der Waals surface area contributed by atoms with Gasteiger partial charge in [-0.2, -0.15) is 5.10 Å². The number of ether oxygens (including phenoxy) is 1. The van der Waals surface area contributed by atoms with Gasteiger partial charge in [-0.3, -0.25) is 9.48 Å². The van der Waals surface area contributed by atoms with Gasteiger partial charge in [0.2, 0.25) is 0 Å². The normalized spacial score (nSPS) is 10.7. The van der Waals surface area contributed by atoms with Crippen LogP contribution in [0.3, 0.4) is 0 Å². The van der Waals surface area contributed by atoms with Gasteiger partial charge in [-0.1, -0.05) is 43.1 Å². The van der Waals surface area contributed by atoms with Crippen LogP contribution in [0.25, 0.3) is 0 Å². The summed E-state index contributed by atoms with van der Waals surface area (Å²) in [5, 5.41) is 8.02. The second-order valence-electron chi connectivity index (χ2n) is 6.60. The Morgan fingerprint density at radius 1 is 1.18 bits per heavy atom. The van der Waals surface area contributed by atoms with Crippen LogP contribution in [0.15, 0.2) is 54.6 Å². The van der Waals surface area contributed by atoms with Crippen molar-refractivity contribution in [1.82, 2.24) is 9.78 Å². The minimum Gasteiger partial charge on any atom is -0.493 e. The fourth-order valence-corrected chi connectivity index (χ4v) is 3.00. The lowest BCUT2D eigenvalue weighted by Gasteiger charge is -2.13. The average Bonchev–Trinajstić information content (AvgIpc) is 3.03. The van der Waals surface area contributed by atoms with Crippen molar-refractivity contribution in [2.75, 3.05) is 11.9 Å². The zero-order valence-electron chi connectivity index (χ0n) is 16.1. The molecule has 3 rings (SSSR count). The molecule has 1 amide bonds. The molecule has 0 aliphatic heterocycles. The van der Waals surface area contributed by atoms with E-state index in [1.54, 1.807) is 12.1 Å². The van der Waals surface area contributed by atoms with Crippen molar-refractivity contribution in [2.24, 2.45) is 0 Å². The highest BCUT2D eigenvalue weighted by atomic mass is 35.5. The Bertz CT molecular complexity index is 938. The first-order valence-corrected chi connectivity index (χ1v) is 9.76. The number of unbranched alkanes of at least 4 members (excludes halogenated alkanes) is 1. The van der Waals surface area contributed by atoms with E-state index in [4.69, 9.17) is 16.3 Å². The number of aromatic nitrogens is 2. The molecule has 5 nitrogen and oxygen atoms in total. The van der Waals surface area contributed by atoms with Crippen LogP contribution in [0.1, 0.15) is 41.4 Å². The van der Waals surface area contributed by atoms with Crippen molar-refractivity contribution in [3.8, 4) is 5.75 Å². The number of anilines is 1. The van der Waals surface area contributed by atoms with Crippen molar-refractivity contribution in [3.05, 3.63) is 76.4 Å². The number of hydrogen-bond donors (Lipinski definition) is 1. The van der Waals surface area contributed by atoms with Gasteiger partial charge < -0.3 is 10.1 Å². The van der Waals surface area contributed by atoms with Crippen molar-refractivity contribution in [3.63, 3.8) is 0 Å². The van der Waals surface area contributed by atoms with E-state index in [1.165, 1.54) is 0 Å². The molecule has 0 aliphatic carbocycles. The maximum absolute atomic E-state index is 12.3. The molecule has 146 valence electrons. The number of halogens is 1. The number of carbonyl (C=O) groups is 1. The van der Waals surface area contributed by atoms with E-state index in [2.05, 4.69) is 17.3 Å². The van der Waals surface area contributed by atoms with Crippen LogP contribution in [0.5, 0.6) is 5.75 Å². The fourth-order valence-electron chi connectivity index (χ4n) is 2.81. The van der Waals surface area contributed by atoms with E-state index in [0.29, 0.717) is 29.6 Å². The van der Waals surface area contributed by atoms with Gasteiger partial charge in [0.05, 0.1) is 13.2 Å². The summed E-state index contributed by atoms with van der Waals surface area (Å²) in [6, 6.07) is 16.5. The van der Waals surface area contributed by atoms with Gasteiger partial charge in [0, 0.05) is 27.9 Å². The molecule has 0 fully saturated rings. The van der Waals surface area contributed by atoms with Crippen molar-refractivity contribution in [1.29, 1.82) is 0 Å². The zero-order valence-corrected chi connectivity index (χ0v) is 16.9. The molecule has 0 aliphatic rings. The average molecular weight is 398 g/mol. The largest absolute Gasteiger partial charge is 0.493 e. The molecule has 2 aromatic carbocycles. The minimum atomic E-state index is -0.184. The van der Waals surface area contributed by atoms with Crippen molar-refractivity contribution < 1.29 is 9.53 Å². The van der Waals surface area contributed by atoms with Gasteiger partial charge >= 0.3 is 0 Å². The number of nitrogens with zero attached hydrogens (tertiary/aromatic N) is 2. The summed E-state index contributed by atoms with van der Waals surface area (Å²) >= 11 is 6.18. The minimum absolute atomic E-state index is 0.184. The van der Waals surface area contributed by atoms with Crippen LogP contribution in [0, 0.1) is 6.92 Å². The Labute approximate surface area is 170 Å². The van der Waals surface area contributed by atoms with E-state index in [1.807, 2.05) is 54.1 Å². The van der Waals surface area contributed by atoms with E-state index >= 15 is 0 Å². The van der Waals surface area contributed by atoms with E-state index < -0.39 is 0 Å². The third kappa shape index (κ3) is 5.14. The SMILES string of the molecule is CCCCOc1ccc(Cl)cc1Cn1nc(NC(=O)c2ccccc2)cc1C. The summed E-state index contributed by atoms with van der Waals surface area (Å²) in [4.78, 5) is 12.3. The van der Waals surface area contributed by atoms with Gasteiger partial charge in [-0.15, -0.1) is 0 Å². The monoisotopic (exact) mass is 397 g/mol. The summed E-state index contributed by atoms with van der Waals surface area (Å²) in [5.41, 5.74) is 2.48. The lowest BCUT2D eigenvalue weighted by Crippen LogP contribution is -2.13. The number of rotatable bonds is 8. The topological polar surface area (TPSA) is 56.1 Å².